The lowest BCUT2D eigenvalue weighted by Gasteiger charge is -2.12. The van der Waals surface area contributed by atoms with Crippen molar-refractivity contribution in [3.8, 4) is 5.75 Å². The highest BCUT2D eigenvalue weighted by Gasteiger charge is 2.22. The average molecular weight is 225 g/mol. The maximum absolute atomic E-state index is 10.7. The van der Waals surface area contributed by atoms with E-state index in [9.17, 15) is 9.59 Å². The van der Waals surface area contributed by atoms with E-state index in [1.165, 1.54) is 24.3 Å². The molecule has 0 aromatic heterocycles. The van der Waals surface area contributed by atoms with Crippen LogP contribution in [0.5, 0.6) is 5.75 Å². The minimum absolute atomic E-state index is 0.267. The predicted octanol–water partition coefficient (Wildman–Crippen LogP) is 0.575. The van der Waals surface area contributed by atoms with Crippen LogP contribution in [0.4, 0.5) is 5.69 Å². The summed E-state index contributed by atoms with van der Waals surface area (Å²) in [5.74, 6) is -2.29. The molecule has 0 aliphatic heterocycles. The Labute approximate surface area is 91.3 Å². The Balaban J connectivity index is 2.71. The zero-order chi connectivity index (χ0) is 12.1. The van der Waals surface area contributed by atoms with Crippen LogP contribution in [0, 0.1) is 0 Å². The molecule has 0 fully saturated rings. The number of hydrogen-bond acceptors (Lipinski definition) is 4. The van der Waals surface area contributed by atoms with Crippen molar-refractivity contribution in [2.75, 3.05) is 5.73 Å². The van der Waals surface area contributed by atoms with E-state index in [4.69, 9.17) is 20.7 Å². The van der Waals surface area contributed by atoms with Gasteiger partial charge in [-0.05, 0) is 24.3 Å². The number of carbonyl (C=O) groups is 2. The van der Waals surface area contributed by atoms with Crippen LogP contribution < -0.4 is 10.5 Å². The predicted molar refractivity (Wildman–Crippen MR) is 55.2 cm³/mol. The first-order chi connectivity index (χ1) is 7.49. The van der Waals surface area contributed by atoms with Crippen LogP contribution in [0.15, 0.2) is 24.3 Å². The summed E-state index contributed by atoms with van der Waals surface area (Å²) in [7, 11) is 0. The molecule has 0 saturated carbocycles. The van der Waals surface area contributed by atoms with Crippen molar-refractivity contribution >= 4 is 17.6 Å². The highest BCUT2D eigenvalue weighted by atomic mass is 16.5. The largest absolute Gasteiger partial charge is 0.481 e. The molecular formula is C10H11NO5. The normalized spacial score (nSPS) is 11.8. The summed E-state index contributed by atoms with van der Waals surface area (Å²) in [6.07, 6.45) is -2.00. The van der Waals surface area contributed by atoms with E-state index < -0.39 is 24.5 Å². The number of nitrogen functional groups attached to an aromatic ring is 1. The number of nitrogens with two attached hydrogens (primary N) is 1. The minimum Gasteiger partial charge on any atom is -0.481 e. The first kappa shape index (κ1) is 11.8. The third kappa shape index (κ3) is 3.49. The van der Waals surface area contributed by atoms with Gasteiger partial charge in [-0.3, -0.25) is 4.79 Å². The fourth-order valence-corrected chi connectivity index (χ4v) is 1.05. The Morgan fingerprint density at radius 1 is 1.25 bits per heavy atom. The van der Waals surface area contributed by atoms with E-state index in [-0.39, 0.29) is 5.75 Å². The molecule has 0 spiro atoms. The highest BCUT2D eigenvalue weighted by molar-refractivity contribution is 5.80. The molecule has 0 radical (unpaired) electrons. The minimum atomic E-state index is -1.40. The zero-order valence-corrected chi connectivity index (χ0v) is 8.29. The van der Waals surface area contributed by atoms with Gasteiger partial charge < -0.3 is 20.7 Å². The third-order valence-corrected chi connectivity index (χ3v) is 1.79. The van der Waals surface area contributed by atoms with Gasteiger partial charge in [-0.25, -0.2) is 4.79 Å². The molecule has 0 amide bonds. The number of carboxylic acid groups (broad SMARTS) is 2. The van der Waals surface area contributed by atoms with Crippen LogP contribution in [0.2, 0.25) is 0 Å². The second kappa shape index (κ2) is 5.01. The SMILES string of the molecule is Nc1ccc(OC(CC(=O)O)C(=O)O)cc1. The number of ether oxygens (including phenoxy) is 1. The first-order valence-electron chi connectivity index (χ1n) is 4.46. The number of anilines is 1. The Bertz CT molecular complexity index is 387. The van der Waals surface area contributed by atoms with Crippen LogP contribution in [0.3, 0.4) is 0 Å². The van der Waals surface area contributed by atoms with E-state index in [1.807, 2.05) is 0 Å². The lowest BCUT2D eigenvalue weighted by Crippen LogP contribution is -2.29. The van der Waals surface area contributed by atoms with Crippen LogP contribution in [0.25, 0.3) is 0 Å². The molecular weight excluding hydrogens is 214 g/mol. The molecule has 4 N–H and O–H groups in total. The topological polar surface area (TPSA) is 110 Å². The van der Waals surface area contributed by atoms with Crippen molar-refractivity contribution in [1.29, 1.82) is 0 Å². The number of carboxylic acids is 2. The Morgan fingerprint density at radius 2 is 1.81 bits per heavy atom. The fraction of sp³-hybridized carbons (Fsp3) is 0.200. The summed E-state index contributed by atoms with van der Waals surface area (Å²) < 4.78 is 5.01. The summed E-state index contributed by atoms with van der Waals surface area (Å²) >= 11 is 0. The molecule has 1 unspecified atom stereocenters. The number of hydrogen-bond donors (Lipinski definition) is 3. The van der Waals surface area contributed by atoms with Gasteiger partial charge in [-0.1, -0.05) is 0 Å². The summed E-state index contributed by atoms with van der Waals surface area (Å²) in [4.78, 5) is 21.1. The van der Waals surface area contributed by atoms with Crippen LogP contribution in [-0.2, 0) is 9.59 Å². The number of rotatable bonds is 5. The van der Waals surface area contributed by atoms with Gasteiger partial charge in [-0.15, -0.1) is 0 Å². The van der Waals surface area contributed by atoms with Crippen LogP contribution >= 0.6 is 0 Å². The van der Waals surface area contributed by atoms with Crippen LogP contribution in [0.1, 0.15) is 6.42 Å². The lowest BCUT2D eigenvalue weighted by molar-refractivity contribution is -0.151. The molecule has 1 rings (SSSR count). The van der Waals surface area contributed by atoms with Crippen molar-refractivity contribution in [3.63, 3.8) is 0 Å². The number of aliphatic carboxylic acids is 2. The molecule has 16 heavy (non-hydrogen) atoms. The van der Waals surface area contributed by atoms with Crippen molar-refractivity contribution in [1.82, 2.24) is 0 Å². The van der Waals surface area contributed by atoms with E-state index in [1.54, 1.807) is 0 Å². The molecule has 1 aromatic carbocycles. The van der Waals surface area contributed by atoms with Crippen molar-refractivity contribution < 1.29 is 24.5 Å². The van der Waals surface area contributed by atoms with E-state index >= 15 is 0 Å². The van der Waals surface area contributed by atoms with Gasteiger partial charge in [0.1, 0.15) is 5.75 Å². The quantitative estimate of drug-likeness (QED) is 0.632. The average Bonchev–Trinajstić information content (AvgIpc) is 2.19. The van der Waals surface area contributed by atoms with Crippen LogP contribution in [-0.4, -0.2) is 28.3 Å². The van der Waals surface area contributed by atoms with Gasteiger partial charge in [0.15, 0.2) is 0 Å². The Morgan fingerprint density at radius 3 is 2.25 bits per heavy atom. The molecule has 0 heterocycles. The monoisotopic (exact) mass is 225 g/mol. The fourth-order valence-electron chi connectivity index (χ4n) is 1.05. The van der Waals surface area contributed by atoms with E-state index in [0.29, 0.717) is 5.69 Å². The maximum Gasteiger partial charge on any atom is 0.345 e. The third-order valence-electron chi connectivity index (χ3n) is 1.79. The molecule has 0 saturated heterocycles. The molecule has 86 valence electrons. The smallest absolute Gasteiger partial charge is 0.345 e. The zero-order valence-electron chi connectivity index (χ0n) is 8.29. The van der Waals surface area contributed by atoms with Gasteiger partial charge in [0.2, 0.25) is 6.10 Å². The van der Waals surface area contributed by atoms with Crippen molar-refractivity contribution in [3.05, 3.63) is 24.3 Å². The Kier molecular flexibility index (Phi) is 3.71. The summed E-state index contributed by atoms with van der Waals surface area (Å²) in [5, 5.41) is 17.2. The second-order valence-corrected chi connectivity index (χ2v) is 3.11. The highest BCUT2D eigenvalue weighted by Crippen LogP contribution is 2.16. The molecule has 1 aromatic rings. The molecule has 0 bridgehead atoms. The summed E-state index contributed by atoms with van der Waals surface area (Å²) in [5.41, 5.74) is 5.94. The maximum atomic E-state index is 10.7. The summed E-state index contributed by atoms with van der Waals surface area (Å²) in [6, 6.07) is 6.03. The van der Waals surface area contributed by atoms with Gasteiger partial charge in [0.05, 0.1) is 6.42 Å². The molecule has 6 nitrogen and oxygen atoms in total. The van der Waals surface area contributed by atoms with Gasteiger partial charge in [-0.2, -0.15) is 0 Å². The standard InChI is InChI=1S/C10H11NO5/c11-6-1-3-7(4-2-6)16-8(10(14)15)5-9(12)13/h1-4,8H,5,11H2,(H,12,13)(H,14,15). The van der Waals surface area contributed by atoms with Crippen molar-refractivity contribution in [2.24, 2.45) is 0 Å². The molecule has 1 atom stereocenters. The molecule has 0 aliphatic carbocycles. The van der Waals surface area contributed by atoms with Gasteiger partial charge >= 0.3 is 11.9 Å². The first-order valence-corrected chi connectivity index (χ1v) is 4.46. The molecule has 6 heteroatoms. The van der Waals surface area contributed by atoms with E-state index in [0.717, 1.165) is 0 Å². The second-order valence-electron chi connectivity index (χ2n) is 3.11. The lowest BCUT2D eigenvalue weighted by atomic mass is 10.2. The summed E-state index contributed by atoms with van der Waals surface area (Å²) in [6.45, 7) is 0. The number of benzene rings is 1. The van der Waals surface area contributed by atoms with Crippen molar-refractivity contribution in [2.45, 2.75) is 12.5 Å². The van der Waals surface area contributed by atoms with Gasteiger partial charge in [0, 0.05) is 5.69 Å². The van der Waals surface area contributed by atoms with Gasteiger partial charge in [0.25, 0.3) is 0 Å². The van der Waals surface area contributed by atoms with E-state index in [2.05, 4.69) is 0 Å². The molecule has 0 aliphatic rings. The Hall–Kier alpha value is -2.24.